The predicted molar refractivity (Wildman–Crippen MR) is 140 cm³/mol. The van der Waals surface area contributed by atoms with E-state index in [0.717, 1.165) is 22.2 Å². The molecule has 2 heterocycles. The van der Waals surface area contributed by atoms with E-state index >= 15 is 0 Å². The first-order valence-electron chi connectivity index (χ1n) is 11.3. The number of nitrogens with zero attached hydrogens (tertiary/aromatic N) is 5. The fraction of sp³-hybridized carbons (Fsp3) is 0.280. The Morgan fingerprint density at radius 1 is 0.943 bits per heavy atom. The van der Waals surface area contributed by atoms with Crippen molar-refractivity contribution in [2.75, 3.05) is 56.2 Å². The van der Waals surface area contributed by atoms with Gasteiger partial charge in [-0.2, -0.15) is 20.1 Å². The number of rotatable bonds is 12. The van der Waals surface area contributed by atoms with Crippen molar-refractivity contribution in [1.29, 1.82) is 0 Å². The summed E-state index contributed by atoms with van der Waals surface area (Å²) in [6.07, 6.45) is 3.65. The molecular weight excluding hydrogens is 444 g/mol. The molecule has 0 spiro atoms. The van der Waals surface area contributed by atoms with Gasteiger partial charge in [0.25, 0.3) is 0 Å². The van der Waals surface area contributed by atoms with Gasteiger partial charge in [0.05, 0.1) is 19.4 Å². The summed E-state index contributed by atoms with van der Waals surface area (Å²) < 4.78 is 10.5. The lowest BCUT2D eigenvalue weighted by molar-refractivity contribution is 0.189. The van der Waals surface area contributed by atoms with Crippen LogP contribution in [0.3, 0.4) is 0 Å². The summed E-state index contributed by atoms with van der Waals surface area (Å²) in [5.41, 5.74) is 7.01. The third kappa shape index (κ3) is 6.52. The molecule has 0 aliphatic rings. The van der Waals surface area contributed by atoms with Crippen LogP contribution in [0.5, 0.6) is 0 Å². The van der Waals surface area contributed by atoms with Gasteiger partial charge in [0.2, 0.25) is 17.8 Å². The normalized spacial score (nSPS) is 11.3. The van der Waals surface area contributed by atoms with Gasteiger partial charge >= 0.3 is 0 Å². The lowest BCUT2D eigenvalue weighted by Gasteiger charge is -2.22. The largest absolute Gasteiger partial charge is 0.383 e. The van der Waals surface area contributed by atoms with Gasteiger partial charge in [-0.1, -0.05) is 35.9 Å². The van der Waals surface area contributed by atoms with Crippen molar-refractivity contribution < 1.29 is 9.47 Å². The number of hydrazone groups is 1. The van der Waals surface area contributed by atoms with Gasteiger partial charge in [-0.05, 0) is 25.1 Å². The number of ether oxygens (including phenoxy) is 2. The highest BCUT2D eigenvalue weighted by Crippen LogP contribution is 2.19. The highest BCUT2D eigenvalue weighted by molar-refractivity contribution is 5.99. The summed E-state index contributed by atoms with van der Waals surface area (Å²) in [5, 5.41) is 8.72. The van der Waals surface area contributed by atoms with Gasteiger partial charge in [-0.25, -0.2) is 5.43 Å². The summed E-state index contributed by atoms with van der Waals surface area (Å²) in [6, 6.07) is 16.1. The van der Waals surface area contributed by atoms with Crippen molar-refractivity contribution in [2.24, 2.45) is 5.10 Å². The van der Waals surface area contributed by atoms with Crippen LogP contribution < -0.4 is 15.6 Å². The first-order valence-corrected chi connectivity index (χ1v) is 11.3. The number of aromatic nitrogens is 4. The quantitative estimate of drug-likeness (QED) is 0.209. The molecule has 10 nitrogen and oxygen atoms in total. The number of fused-ring (bicyclic) bond motifs is 1. The van der Waals surface area contributed by atoms with Gasteiger partial charge in [0.15, 0.2) is 0 Å². The zero-order chi connectivity index (χ0) is 24.5. The van der Waals surface area contributed by atoms with E-state index in [1.807, 2.05) is 66.6 Å². The highest BCUT2D eigenvalue weighted by atomic mass is 16.5. The minimum Gasteiger partial charge on any atom is -0.383 e. The first kappa shape index (κ1) is 24.1. The molecule has 0 saturated carbocycles. The Hall–Kier alpha value is -4.02. The molecule has 4 rings (SSSR count). The van der Waals surface area contributed by atoms with E-state index in [9.17, 15) is 0 Å². The van der Waals surface area contributed by atoms with Crippen LogP contribution in [0.2, 0.25) is 0 Å². The van der Waals surface area contributed by atoms with E-state index in [1.165, 1.54) is 5.56 Å². The zero-order valence-electron chi connectivity index (χ0n) is 20.2. The molecule has 35 heavy (non-hydrogen) atoms. The zero-order valence-corrected chi connectivity index (χ0v) is 20.2. The Labute approximate surface area is 204 Å². The van der Waals surface area contributed by atoms with Crippen LogP contribution in [0.1, 0.15) is 11.1 Å². The van der Waals surface area contributed by atoms with Gasteiger partial charge in [0, 0.05) is 55.7 Å². The van der Waals surface area contributed by atoms with E-state index in [0.29, 0.717) is 44.1 Å². The van der Waals surface area contributed by atoms with Crippen molar-refractivity contribution in [1.82, 2.24) is 19.9 Å². The summed E-state index contributed by atoms with van der Waals surface area (Å²) in [6.45, 7) is 4.30. The van der Waals surface area contributed by atoms with Crippen molar-refractivity contribution in [3.63, 3.8) is 0 Å². The van der Waals surface area contributed by atoms with Gasteiger partial charge in [-0.15, -0.1) is 0 Å². The molecular formula is C25H30N8O2. The van der Waals surface area contributed by atoms with Crippen molar-refractivity contribution in [3.8, 4) is 0 Å². The van der Waals surface area contributed by atoms with Crippen LogP contribution in [-0.2, 0) is 9.47 Å². The Morgan fingerprint density at radius 3 is 2.40 bits per heavy atom. The molecule has 0 aliphatic carbocycles. The highest BCUT2D eigenvalue weighted by Gasteiger charge is 2.14. The van der Waals surface area contributed by atoms with Crippen molar-refractivity contribution >= 4 is 40.6 Å². The number of methoxy groups -OCH3 is 2. The molecule has 2 aromatic carbocycles. The molecule has 0 atom stereocenters. The maximum absolute atomic E-state index is 5.27. The number of aromatic amines is 1. The van der Waals surface area contributed by atoms with Crippen LogP contribution >= 0.6 is 0 Å². The number of benzene rings is 2. The first-order chi connectivity index (χ1) is 17.2. The standard InChI is InChI=1S/C25H30N8O2/c1-18-8-10-20(11-9-18)28-23-29-24(31-25(30-23)33(12-14-34-2)13-15-35-3)32-27-17-19-16-26-22-7-5-4-6-21(19)22/h4-11,16-17,26H,12-15H2,1-3H3,(H2,28,29,30,31,32)/b27-17+. The van der Waals surface area contributed by atoms with Crippen molar-refractivity contribution in [3.05, 3.63) is 65.9 Å². The second kappa shape index (κ2) is 11.9. The van der Waals surface area contributed by atoms with E-state index in [4.69, 9.17) is 9.47 Å². The minimum atomic E-state index is 0.320. The fourth-order valence-corrected chi connectivity index (χ4v) is 3.45. The molecule has 0 aliphatic heterocycles. The summed E-state index contributed by atoms with van der Waals surface area (Å²) in [5.74, 6) is 1.22. The number of hydrogen-bond donors (Lipinski definition) is 3. The molecule has 0 radical (unpaired) electrons. The predicted octanol–water partition coefficient (Wildman–Crippen LogP) is 3.95. The molecule has 0 unspecified atom stereocenters. The van der Waals surface area contributed by atoms with Gasteiger partial charge in [0.1, 0.15) is 0 Å². The summed E-state index contributed by atoms with van der Waals surface area (Å²) >= 11 is 0. The van der Waals surface area contributed by atoms with E-state index < -0.39 is 0 Å². The minimum absolute atomic E-state index is 0.320. The summed E-state index contributed by atoms with van der Waals surface area (Å²) in [7, 11) is 3.33. The number of aryl methyl sites for hydroxylation is 1. The van der Waals surface area contributed by atoms with Crippen LogP contribution in [0, 0.1) is 6.92 Å². The third-order valence-corrected chi connectivity index (χ3v) is 5.33. The van der Waals surface area contributed by atoms with Crippen molar-refractivity contribution in [2.45, 2.75) is 6.92 Å². The van der Waals surface area contributed by atoms with Crippen LogP contribution in [0.25, 0.3) is 10.9 Å². The molecule has 0 amide bonds. The number of anilines is 4. The second-order valence-electron chi connectivity index (χ2n) is 7.91. The SMILES string of the molecule is COCCN(CCOC)c1nc(N/N=C/c2c[nH]c3ccccc23)nc(Nc2ccc(C)cc2)n1. The Kier molecular flexibility index (Phi) is 8.21. The Morgan fingerprint density at radius 2 is 1.66 bits per heavy atom. The van der Waals surface area contributed by atoms with E-state index in [2.05, 4.69) is 35.8 Å². The lowest BCUT2D eigenvalue weighted by atomic mass is 10.2. The van der Waals surface area contributed by atoms with Gasteiger partial charge in [-0.3, -0.25) is 0 Å². The molecule has 2 aromatic heterocycles. The van der Waals surface area contributed by atoms with E-state index in [1.54, 1.807) is 20.4 Å². The molecule has 0 fully saturated rings. The maximum atomic E-state index is 5.27. The topological polar surface area (TPSA) is 113 Å². The number of hydrogen-bond acceptors (Lipinski definition) is 9. The Bertz CT molecular complexity index is 1250. The molecule has 0 saturated heterocycles. The number of H-pyrrole nitrogens is 1. The van der Waals surface area contributed by atoms with Gasteiger partial charge < -0.3 is 24.7 Å². The molecule has 10 heteroatoms. The monoisotopic (exact) mass is 474 g/mol. The molecule has 182 valence electrons. The van der Waals surface area contributed by atoms with Crippen LogP contribution in [0.4, 0.5) is 23.5 Å². The lowest BCUT2D eigenvalue weighted by Crippen LogP contribution is -2.32. The van der Waals surface area contributed by atoms with E-state index in [-0.39, 0.29) is 0 Å². The number of nitrogens with one attached hydrogen (secondary N) is 3. The maximum Gasteiger partial charge on any atom is 0.250 e. The number of para-hydroxylation sites is 1. The average Bonchev–Trinajstić information content (AvgIpc) is 3.28. The third-order valence-electron chi connectivity index (χ3n) is 5.33. The van der Waals surface area contributed by atoms with Crippen LogP contribution in [0.15, 0.2) is 59.8 Å². The fourth-order valence-electron chi connectivity index (χ4n) is 3.45. The smallest absolute Gasteiger partial charge is 0.250 e. The summed E-state index contributed by atoms with van der Waals surface area (Å²) in [4.78, 5) is 19.0. The average molecular weight is 475 g/mol. The van der Waals surface area contributed by atoms with Crippen LogP contribution in [-0.4, -0.2) is 66.7 Å². The molecule has 0 bridgehead atoms. The molecule has 4 aromatic rings. The molecule has 3 N–H and O–H groups in total. The second-order valence-corrected chi connectivity index (χ2v) is 7.91. The Balaban J connectivity index is 1.60.